The van der Waals surface area contributed by atoms with Gasteiger partial charge in [0.15, 0.2) is 10.2 Å². The molecule has 0 aromatic carbocycles. The van der Waals surface area contributed by atoms with E-state index in [0.717, 1.165) is 5.56 Å². The van der Waals surface area contributed by atoms with Crippen LogP contribution in [0.2, 0.25) is 5.15 Å². The molecule has 0 aliphatic heterocycles. The van der Waals surface area contributed by atoms with Gasteiger partial charge in [-0.3, -0.25) is 9.72 Å². The Morgan fingerprint density at radius 1 is 1.21 bits per heavy atom. The molecule has 11 nitrogen and oxygen atoms in total. The Bertz CT molecular complexity index is 1190. The van der Waals surface area contributed by atoms with Crippen molar-refractivity contribution >= 4 is 39.3 Å². The zero-order valence-corrected chi connectivity index (χ0v) is 17.5. The number of carbonyl (C=O) groups is 1. The number of ether oxygens (including phenoxy) is 1. The van der Waals surface area contributed by atoms with Crippen molar-refractivity contribution in [2.75, 3.05) is 12.4 Å². The Morgan fingerprint density at radius 3 is 2.59 bits per heavy atom. The fourth-order valence-electron chi connectivity index (χ4n) is 2.49. The number of amides is 2. The molecule has 29 heavy (non-hydrogen) atoms. The lowest BCUT2D eigenvalue weighted by molar-refractivity contribution is 0.256. The van der Waals surface area contributed by atoms with Gasteiger partial charge in [-0.1, -0.05) is 31.5 Å². The zero-order valence-electron chi connectivity index (χ0n) is 16.0. The number of urea groups is 1. The first-order valence-corrected chi connectivity index (χ1v) is 10.2. The Hall–Kier alpha value is -2.99. The number of rotatable bonds is 5. The highest BCUT2D eigenvalue weighted by Crippen LogP contribution is 2.25. The summed E-state index contributed by atoms with van der Waals surface area (Å²) in [6.07, 6.45) is 1.62. The molecule has 154 valence electrons. The van der Waals surface area contributed by atoms with E-state index < -0.39 is 16.1 Å². The van der Waals surface area contributed by atoms with Crippen molar-refractivity contribution in [1.82, 2.24) is 29.1 Å². The fourth-order valence-corrected chi connectivity index (χ4v) is 4.04. The normalized spacial score (nSPS) is 11.7. The van der Waals surface area contributed by atoms with Crippen LogP contribution in [-0.4, -0.2) is 45.9 Å². The number of sulfonamides is 1. The van der Waals surface area contributed by atoms with Crippen LogP contribution in [0.25, 0.3) is 5.65 Å². The molecular weight excluding hydrogens is 422 g/mol. The number of hydrogen-bond donors (Lipinski definition) is 2. The summed E-state index contributed by atoms with van der Waals surface area (Å²) < 4.78 is 33.7. The van der Waals surface area contributed by atoms with Gasteiger partial charge in [-0.2, -0.15) is 23.4 Å². The standard InChI is InChI=1S/C16H18ClN7O4S/c1-8(2)10-5-6-11-20-12(17)13(24(11)7-10)29(26,27)23-15(25)21-14-18-9(3)19-16(22-14)28-4/h5-8H,1-4H3,(H2,18,19,21,22,23,25). The van der Waals surface area contributed by atoms with Crippen molar-refractivity contribution in [3.05, 3.63) is 34.9 Å². The maximum absolute atomic E-state index is 12.8. The van der Waals surface area contributed by atoms with E-state index in [1.54, 1.807) is 19.2 Å². The van der Waals surface area contributed by atoms with Gasteiger partial charge in [-0.15, -0.1) is 0 Å². The number of nitrogens with zero attached hydrogens (tertiary/aromatic N) is 5. The van der Waals surface area contributed by atoms with Gasteiger partial charge in [0.25, 0.3) is 10.0 Å². The Morgan fingerprint density at radius 2 is 1.93 bits per heavy atom. The number of aryl methyl sites for hydroxylation is 1. The van der Waals surface area contributed by atoms with Gasteiger partial charge in [0.1, 0.15) is 11.5 Å². The van der Waals surface area contributed by atoms with E-state index in [2.05, 4.69) is 25.3 Å². The number of imidazole rings is 1. The molecule has 3 aromatic rings. The van der Waals surface area contributed by atoms with E-state index >= 15 is 0 Å². The van der Waals surface area contributed by atoms with Gasteiger partial charge < -0.3 is 4.74 Å². The SMILES string of the molecule is COc1nc(C)nc(NC(=O)NS(=O)(=O)c2c(Cl)nc3ccc(C(C)C)cn23)n1. The average molecular weight is 440 g/mol. The summed E-state index contributed by atoms with van der Waals surface area (Å²) in [4.78, 5) is 27.9. The molecule has 3 heterocycles. The summed E-state index contributed by atoms with van der Waals surface area (Å²) in [5, 5.41) is 1.62. The summed E-state index contributed by atoms with van der Waals surface area (Å²) in [7, 11) is -3.01. The highest BCUT2D eigenvalue weighted by atomic mass is 35.5. The molecule has 0 atom stereocenters. The van der Waals surface area contributed by atoms with Gasteiger partial charge in [0.2, 0.25) is 5.95 Å². The lowest BCUT2D eigenvalue weighted by atomic mass is 10.1. The van der Waals surface area contributed by atoms with E-state index in [4.69, 9.17) is 16.3 Å². The van der Waals surface area contributed by atoms with Gasteiger partial charge in [0, 0.05) is 6.20 Å². The lowest BCUT2D eigenvalue weighted by Gasteiger charge is -2.10. The van der Waals surface area contributed by atoms with Crippen molar-refractivity contribution in [3.63, 3.8) is 0 Å². The van der Waals surface area contributed by atoms with E-state index in [0.29, 0.717) is 5.65 Å². The van der Waals surface area contributed by atoms with Crippen LogP contribution in [0.3, 0.4) is 0 Å². The number of pyridine rings is 1. The topological polar surface area (TPSA) is 140 Å². The second-order valence-electron chi connectivity index (χ2n) is 6.31. The highest BCUT2D eigenvalue weighted by Gasteiger charge is 2.27. The monoisotopic (exact) mass is 439 g/mol. The first-order chi connectivity index (χ1) is 13.6. The van der Waals surface area contributed by atoms with Crippen LogP contribution < -0.4 is 14.8 Å². The molecule has 0 saturated heterocycles. The van der Waals surface area contributed by atoms with E-state index in [-0.39, 0.29) is 33.9 Å². The van der Waals surface area contributed by atoms with Gasteiger partial charge in [-0.05, 0) is 24.5 Å². The van der Waals surface area contributed by atoms with E-state index in [9.17, 15) is 13.2 Å². The second kappa shape index (κ2) is 7.79. The third-order valence-electron chi connectivity index (χ3n) is 3.84. The number of hydrogen-bond acceptors (Lipinski definition) is 8. The minimum absolute atomic E-state index is 0.0262. The Kier molecular flexibility index (Phi) is 5.57. The van der Waals surface area contributed by atoms with Gasteiger partial charge in [0.05, 0.1) is 7.11 Å². The number of anilines is 1. The summed E-state index contributed by atoms with van der Waals surface area (Å²) in [6.45, 7) is 5.49. The van der Waals surface area contributed by atoms with Crippen LogP contribution in [0.5, 0.6) is 6.01 Å². The number of aromatic nitrogens is 5. The van der Waals surface area contributed by atoms with Crippen molar-refractivity contribution < 1.29 is 17.9 Å². The first-order valence-electron chi connectivity index (χ1n) is 8.38. The molecule has 2 N–H and O–H groups in total. The molecule has 13 heteroatoms. The maximum atomic E-state index is 12.8. The predicted molar refractivity (Wildman–Crippen MR) is 105 cm³/mol. The fraction of sp³-hybridized carbons (Fsp3) is 0.312. The van der Waals surface area contributed by atoms with Gasteiger partial charge >= 0.3 is 12.0 Å². The highest BCUT2D eigenvalue weighted by molar-refractivity contribution is 7.90. The zero-order chi connectivity index (χ0) is 21.3. The molecule has 0 saturated carbocycles. The van der Waals surface area contributed by atoms with Crippen LogP contribution in [0, 0.1) is 6.92 Å². The Balaban J connectivity index is 1.91. The molecule has 0 bridgehead atoms. The van der Waals surface area contributed by atoms with E-state index in [1.165, 1.54) is 11.5 Å². The van der Waals surface area contributed by atoms with Crippen LogP contribution in [0.4, 0.5) is 10.7 Å². The third kappa shape index (κ3) is 4.38. The number of methoxy groups -OCH3 is 1. The lowest BCUT2D eigenvalue weighted by Crippen LogP contribution is -2.35. The van der Waals surface area contributed by atoms with Crippen molar-refractivity contribution in [2.24, 2.45) is 0 Å². The first kappa shape index (κ1) is 20.7. The summed E-state index contributed by atoms with van der Waals surface area (Å²) in [5.74, 6) is 0.254. The molecule has 2 amide bonds. The molecule has 3 rings (SSSR count). The molecule has 0 aliphatic rings. The second-order valence-corrected chi connectivity index (χ2v) is 8.26. The van der Waals surface area contributed by atoms with Gasteiger partial charge in [-0.25, -0.2) is 14.5 Å². The quantitative estimate of drug-likeness (QED) is 0.615. The molecule has 0 fully saturated rings. The number of fused-ring (bicyclic) bond motifs is 1. The molecule has 0 aliphatic carbocycles. The summed E-state index contributed by atoms with van der Waals surface area (Å²) >= 11 is 6.06. The number of carbonyl (C=O) groups excluding carboxylic acids is 1. The minimum atomic E-state index is -4.36. The molecular formula is C16H18ClN7O4S. The average Bonchev–Trinajstić information content (AvgIpc) is 2.95. The molecule has 0 spiro atoms. The van der Waals surface area contributed by atoms with Crippen molar-refractivity contribution in [3.8, 4) is 6.01 Å². The molecule has 3 aromatic heterocycles. The van der Waals surface area contributed by atoms with Crippen LogP contribution in [0.15, 0.2) is 23.4 Å². The van der Waals surface area contributed by atoms with Crippen LogP contribution in [-0.2, 0) is 10.0 Å². The molecule has 0 unspecified atom stereocenters. The van der Waals surface area contributed by atoms with Crippen LogP contribution in [0.1, 0.15) is 31.2 Å². The van der Waals surface area contributed by atoms with Crippen molar-refractivity contribution in [1.29, 1.82) is 0 Å². The summed E-state index contributed by atoms with van der Waals surface area (Å²) in [6, 6.07) is 2.38. The number of halogens is 1. The molecule has 0 radical (unpaired) electrons. The third-order valence-corrected chi connectivity index (χ3v) is 5.57. The predicted octanol–water partition coefficient (Wildman–Crippen LogP) is 2.12. The minimum Gasteiger partial charge on any atom is -0.467 e. The largest absolute Gasteiger partial charge is 0.467 e. The smallest absolute Gasteiger partial charge is 0.335 e. The van der Waals surface area contributed by atoms with Crippen LogP contribution >= 0.6 is 11.6 Å². The Labute approximate surface area is 171 Å². The van der Waals surface area contributed by atoms with Crippen molar-refractivity contribution in [2.45, 2.75) is 31.7 Å². The van der Waals surface area contributed by atoms with E-state index in [1.807, 2.05) is 24.6 Å². The number of nitrogens with one attached hydrogen (secondary N) is 2. The maximum Gasteiger partial charge on any atom is 0.335 e. The summed E-state index contributed by atoms with van der Waals surface area (Å²) in [5.41, 5.74) is 1.21.